The third-order valence-corrected chi connectivity index (χ3v) is 6.38. The van der Waals surface area contributed by atoms with Crippen molar-refractivity contribution < 1.29 is 9.21 Å². The smallest absolute Gasteiger partial charge is 0.289 e. The highest BCUT2D eigenvalue weighted by molar-refractivity contribution is 5.91. The van der Waals surface area contributed by atoms with Crippen LogP contribution in [-0.4, -0.2) is 40.3 Å². The number of rotatable bonds is 3. The molecular formula is C24H25N3O2. The van der Waals surface area contributed by atoms with Gasteiger partial charge < -0.3 is 9.32 Å². The number of fused-ring (bicyclic) bond motifs is 2. The predicted molar refractivity (Wildman–Crippen MR) is 110 cm³/mol. The van der Waals surface area contributed by atoms with Crippen LogP contribution in [-0.2, 0) is 18.5 Å². The third-order valence-electron chi connectivity index (χ3n) is 6.38. The second-order valence-corrected chi connectivity index (χ2v) is 8.21. The molecule has 5 nitrogen and oxygen atoms in total. The van der Waals surface area contributed by atoms with Gasteiger partial charge in [0.15, 0.2) is 5.76 Å². The van der Waals surface area contributed by atoms with Crippen molar-refractivity contribution in [3.63, 3.8) is 0 Å². The Morgan fingerprint density at radius 2 is 1.93 bits per heavy atom. The zero-order chi connectivity index (χ0) is 19.7. The molecule has 148 valence electrons. The lowest BCUT2D eigenvalue weighted by Gasteiger charge is -2.48. The summed E-state index contributed by atoms with van der Waals surface area (Å²) in [5, 5.41) is 0. The average molecular weight is 387 g/mol. The summed E-state index contributed by atoms with van der Waals surface area (Å²) in [6, 6.07) is 16.5. The highest BCUT2D eigenvalue weighted by Gasteiger charge is 2.42. The van der Waals surface area contributed by atoms with E-state index in [1.807, 2.05) is 23.4 Å². The van der Waals surface area contributed by atoms with Crippen molar-refractivity contribution in [3.05, 3.63) is 89.6 Å². The van der Waals surface area contributed by atoms with Crippen molar-refractivity contribution in [2.45, 2.75) is 31.3 Å². The van der Waals surface area contributed by atoms with Gasteiger partial charge in [0.05, 0.1) is 6.26 Å². The molecule has 0 radical (unpaired) electrons. The van der Waals surface area contributed by atoms with Crippen LogP contribution >= 0.6 is 0 Å². The Morgan fingerprint density at radius 1 is 1.07 bits per heavy atom. The summed E-state index contributed by atoms with van der Waals surface area (Å²) >= 11 is 0. The Labute approximate surface area is 171 Å². The van der Waals surface area contributed by atoms with E-state index in [-0.39, 0.29) is 11.3 Å². The number of aromatic nitrogens is 1. The fraction of sp³-hybridized carbons (Fsp3) is 0.333. The number of nitrogens with zero attached hydrogens (tertiary/aromatic N) is 3. The number of carbonyl (C=O) groups excluding carboxylic acids is 1. The summed E-state index contributed by atoms with van der Waals surface area (Å²) in [6.45, 7) is 4.39. The third kappa shape index (κ3) is 3.47. The van der Waals surface area contributed by atoms with Crippen LogP contribution in [0.4, 0.5) is 0 Å². The van der Waals surface area contributed by atoms with E-state index in [1.54, 1.807) is 18.4 Å². The molecule has 1 amide bonds. The Morgan fingerprint density at radius 3 is 2.69 bits per heavy atom. The molecule has 1 aromatic carbocycles. The molecule has 1 fully saturated rings. The van der Waals surface area contributed by atoms with Gasteiger partial charge in [-0.05, 0) is 47.7 Å². The van der Waals surface area contributed by atoms with E-state index in [2.05, 4.69) is 40.2 Å². The van der Waals surface area contributed by atoms with Crippen LogP contribution in [0.5, 0.6) is 0 Å². The fourth-order valence-corrected chi connectivity index (χ4v) is 4.97. The van der Waals surface area contributed by atoms with Gasteiger partial charge in [-0.15, -0.1) is 0 Å². The minimum atomic E-state index is 0.00107. The lowest BCUT2D eigenvalue weighted by molar-refractivity contribution is 0.0558. The number of pyridine rings is 1. The number of piperidine rings is 1. The minimum absolute atomic E-state index is 0.00107. The van der Waals surface area contributed by atoms with Gasteiger partial charge in [-0.25, -0.2) is 0 Å². The highest BCUT2D eigenvalue weighted by Crippen LogP contribution is 2.42. The highest BCUT2D eigenvalue weighted by atomic mass is 16.3. The Kier molecular flexibility index (Phi) is 4.68. The van der Waals surface area contributed by atoms with E-state index in [1.165, 1.54) is 16.7 Å². The van der Waals surface area contributed by atoms with Crippen LogP contribution in [0.15, 0.2) is 71.6 Å². The lowest BCUT2D eigenvalue weighted by atomic mass is 9.68. The zero-order valence-corrected chi connectivity index (χ0v) is 16.5. The molecule has 0 saturated carbocycles. The van der Waals surface area contributed by atoms with Gasteiger partial charge in [-0.1, -0.05) is 30.3 Å². The molecule has 0 atom stereocenters. The molecule has 3 aromatic rings. The standard InChI is InChI=1S/C24H25N3O2/c28-23(22-8-4-14-29-22)27-12-9-24(10-13-27)18-26(16-19-5-3-11-25-15-19)17-20-6-1-2-7-21(20)24/h1-8,11,14-15H,9-10,12-13,16-18H2. The van der Waals surface area contributed by atoms with Gasteiger partial charge in [-0.3, -0.25) is 14.7 Å². The van der Waals surface area contributed by atoms with Gasteiger partial charge in [-0.2, -0.15) is 0 Å². The zero-order valence-electron chi connectivity index (χ0n) is 16.5. The molecule has 0 N–H and O–H groups in total. The maximum Gasteiger partial charge on any atom is 0.289 e. The van der Waals surface area contributed by atoms with Gasteiger partial charge in [0.1, 0.15) is 0 Å². The topological polar surface area (TPSA) is 49.6 Å². The maximum atomic E-state index is 12.7. The second kappa shape index (κ2) is 7.48. The number of hydrogen-bond acceptors (Lipinski definition) is 4. The maximum absolute atomic E-state index is 12.7. The van der Waals surface area contributed by atoms with Crippen molar-refractivity contribution in [2.75, 3.05) is 19.6 Å². The minimum Gasteiger partial charge on any atom is -0.459 e. The van der Waals surface area contributed by atoms with Crippen molar-refractivity contribution in [1.29, 1.82) is 0 Å². The van der Waals surface area contributed by atoms with Crippen molar-refractivity contribution in [3.8, 4) is 0 Å². The summed E-state index contributed by atoms with van der Waals surface area (Å²) in [5.41, 5.74) is 4.21. The van der Waals surface area contributed by atoms with Crippen LogP contribution in [0.2, 0.25) is 0 Å². The van der Waals surface area contributed by atoms with Crippen LogP contribution in [0.25, 0.3) is 0 Å². The molecule has 0 aliphatic carbocycles. The Balaban J connectivity index is 1.37. The predicted octanol–water partition coefficient (Wildman–Crippen LogP) is 3.86. The van der Waals surface area contributed by atoms with Gasteiger partial charge in [0.25, 0.3) is 5.91 Å². The molecule has 2 aromatic heterocycles. The molecule has 0 unspecified atom stereocenters. The Bertz CT molecular complexity index is 976. The van der Waals surface area contributed by atoms with Crippen LogP contribution < -0.4 is 0 Å². The van der Waals surface area contributed by atoms with Gasteiger partial charge in [0, 0.05) is 50.5 Å². The van der Waals surface area contributed by atoms with Crippen molar-refractivity contribution >= 4 is 5.91 Å². The number of furan rings is 1. The molecule has 2 aliphatic heterocycles. The SMILES string of the molecule is O=C(c1ccco1)N1CCC2(CC1)CN(Cc1cccnc1)Cc1ccccc12. The molecule has 1 spiro atoms. The first kappa shape index (κ1) is 18.1. The van der Waals surface area contributed by atoms with E-state index in [9.17, 15) is 4.79 Å². The summed E-state index contributed by atoms with van der Waals surface area (Å²) in [4.78, 5) is 21.4. The molecule has 2 aliphatic rings. The first-order chi connectivity index (χ1) is 14.2. The average Bonchev–Trinajstić information content (AvgIpc) is 3.30. The Hall–Kier alpha value is -2.92. The summed E-state index contributed by atoms with van der Waals surface area (Å²) in [6.07, 6.45) is 7.28. The molecule has 5 heteroatoms. The van der Waals surface area contributed by atoms with E-state index < -0.39 is 0 Å². The van der Waals surface area contributed by atoms with Crippen molar-refractivity contribution in [2.24, 2.45) is 0 Å². The second-order valence-electron chi connectivity index (χ2n) is 8.21. The van der Waals surface area contributed by atoms with Gasteiger partial charge in [0.2, 0.25) is 0 Å². The summed E-state index contributed by atoms with van der Waals surface area (Å²) < 4.78 is 5.32. The molecule has 4 heterocycles. The summed E-state index contributed by atoms with van der Waals surface area (Å²) in [7, 11) is 0. The van der Waals surface area contributed by atoms with Crippen molar-refractivity contribution in [1.82, 2.24) is 14.8 Å². The number of likely N-dealkylation sites (tertiary alicyclic amines) is 1. The van der Waals surface area contributed by atoms with E-state index in [4.69, 9.17) is 4.42 Å². The molecule has 0 bridgehead atoms. The molecule has 29 heavy (non-hydrogen) atoms. The summed E-state index contributed by atoms with van der Waals surface area (Å²) in [5.74, 6) is 0.435. The number of amides is 1. The van der Waals surface area contributed by atoms with Gasteiger partial charge >= 0.3 is 0 Å². The molecule has 1 saturated heterocycles. The number of benzene rings is 1. The largest absolute Gasteiger partial charge is 0.459 e. The van der Waals surface area contributed by atoms with Crippen LogP contribution in [0.1, 0.15) is 40.1 Å². The lowest BCUT2D eigenvalue weighted by Crippen LogP contribution is -2.52. The molecular weight excluding hydrogens is 362 g/mol. The molecule has 5 rings (SSSR count). The first-order valence-corrected chi connectivity index (χ1v) is 10.3. The van der Waals surface area contributed by atoms with E-state index in [0.29, 0.717) is 5.76 Å². The first-order valence-electron chi connectivity index (χ1n) is 10.3. The van der Waals surface area contributed by atoms with E-state index >= 15 is 0 Å². The number of hydrogen-bond donors (Lipinski definition) is 0. The monoisotopic (exact) mass is 387 g/mol. The number of carbonyl (C=O) groups is 1. The van der Waals surface area contributed by atoms with Crippen LogP contribution in [0, 0.1) is 0 Å². The van der Waals surface area contributed by atoms with E-state index in [0.717, 1.165) is 45.6 Å². The normalized spacial score (nSPS) is 18.6. The fourth-order valence-electron chi connectivity index (χ4n) is 4.97. The van der Waals surface area contributed by atoms with Crippen LogP contribution in [0.3, 0.4) is 0 Å². The quantitative estimate of drug-likeness (QED) is 0.685.